The number of nitrogens with one attached hydrogen (secondary N) is 1. The fourth-order valence-corrected chi connectivity index (χ4v) is 4.82. The molecule has 0 aliphatic rings. The first kappa shape index (κ1) is 23.2. The lowest BCUT2D eigenvalue weighted by Crippen LogP contribution is -2.53. The Bertz CT molecular complexity index is 1130. The first-order chi connectivity index (χ1) is 14.6. The molecule has 0 bridgehead atoms. The Morgan fingerprint density at radius 3 is 2.42 bits per heavy atom. The van der Waals surface area contributed by atoms with E-state index in [1.807, 2.05) is 19.1 Å². The number of amides is 2. The zero-order valence-corrected chi connectivity index (χ0v) is 19.2. The highest BCUT2D eigenvalue weighted by Crippen LogP contribution is 2.43. The maximum Gasteiger partial charge on any atom is 0.335 e. The predicted octanol–water partition coefficient (Wildman–Crippen LogP) is 3.90. The van der Waals surface area contributed by atoms with E-state index in [4.69, 9.17) is 11.6 Å². The summed E-state index contributed by atoms with van der Waals surface area (Å²) in [4.78, 5) is 12.3. The van der Waals surface area contributed by atoms with Gasteiger partial charge < -0.3 is 10.4 Å². The van der Waals surface area contributed by atoms with Gasteiger partial charge in [0.25, 0.3) is 11.3 Å². The molecule has 0 saturated heterocycles. The third-order valence-electron chi connectivity index (χ3n) is 5.57. The van der Waals surface area contributed by atoms with Gasteiger partial charge in [0.15, 0.2) is 0 Å². The normalized spacial score (nSPS) is 14.8. The van der Waals surface area contributed by atoms with E-state index in [9.17, 15) is 18.7 Å². The first-order valence-electron chi connectivity index (χ1n) is 9.67. The highest BCUT2D eigenvalue weighted by Gasteiger charge is 2.47. The number of rotatable bonds is 6. The van der Waals surface area contributed by atoms with Gasteiger partial charge in [0.1, 0.15) is 5.54 Å². The fraction of sp³-hybridized carbons (Fsp3) is 0.333. The number of fused-ring (bicyclic) bond motifs is 1. The number of benzene rings is 2. The minimum Gasteiger partial charge on any atom is -0.388 e. The summed E-state index contributed by atoms with van der Waals surface area (Å²) < 4.78 is 24.1. The van der Waals surface area contributed by atoms with Gasteiger partial charge in [0.2, 0.25) is 0 Å². The van der Waals surface area contributed by atoms with Crippen molar-refractivity contribution in [1.82, 2.24) is 15.1 Å². The molecule has 2 aromatic carbocycles. The maximum atomic E-state index is 12.3. The molecule has 1 heterocycles. The third-order valence-corrected chi connectivity index (χ3v) is 6.50. The topological polar surface area (TPSA) is 108 Å². The first-order valence-corrected chi connectivity index (χ1v) is 11.1. The van der Waals surface area contributed by atoms with E-state index < -0.39 is 28.4 Å². The molecule has 10 heteroatoms. The molecule has 31 heavy (non-hydrogen) atoms. The predicted molar refractivity (Wildman–Crippen MR) is 123 cm³/mol. The van der Waals surface area contributed by atoms with Gasteiger partial charge in [0.05, 0.1) is 23.0 Å². The van der Waals surface area contributed by atoms with Crippen molar-refractivity contribution < 1.29 is 18.7 Å². The average Bonchev–Trinajstić information content (AvgIpc) is 3.14. The summed E-state index contributed by atoms with van der Waals surface area (Å²) in [5, 5.41) is 19.3. The van der Waals surface area contributed by atoms with Crippen LogP contribution in [-0.4, -0.2) is 42.3 Å². The van der Waals surface area contributed by atoms with Crippen molar-refractivity contribution in [1.29, 1.82) is 0 Å². The smallest absolute Gasteiger partial charge is 0.335 e. The number of urea groups is 1. The Labute approximate surface area is 188 Å². The van der Waals surface area contributed by atoms with Crippen molar-refractivity contribution >= 4 is 45.5 Å². The molecule has 0 fully saturated rings. The summed E-state index contributed by atoms with van der Waals surface area (Å²) in [5.74, 6) is 0. The molecule has 166 valence electrons. The Morgan fingerprint density at radius 2 is 1.90 bits per heavy atom. The SMILES string of the molecule is CCC(c1ccc(Cl)cc1)(n1ncc2c(N(C(=O)NC)S(=O)O)cccc21)C(C)(C)O. The molecule has 0 spiro atoms. The highest BCUT2D eigenvalue weighted by molar-refractivity contribution is 7.81. The lowest BCUT2D eigenvalue weighted by molar-refractivity contribution is -0.0297. The summed E-state index contributed by atoms with van der Waals surface area (Å²) in [6.45, 7) is 5.37. The zero-order valence-electron chi connectivity index (χ0n) is 17.7. The van der Waals surface area contributed by atoms with E-state index in [0.29, 0.717) is 22.3 Å². The van der Waals surface area contributed by atoms with Crippen molar-refractivity contribution in [3.63, 3.8) is 0 Å². The number of aliphatic hydroxyl groups is 1. The monoisotopic (exact) mass is 464 g/mol. The van der Waals surface area contributed by atoms with Crippen LogP contribution in [0.2, 0.25) is 5.02 Å². The molecular weight excluding hydrogens is 440 g/mol. The van der Waals surface area contributed by atoms with Crippen molar-refractivity contribution in [2.24, 2.45) is 0 Å². The van der Waals surface area contributed by atoms with Gasteiger partial charge in [-0.25, -0.2) is 9.00 Å². The molecule has 2 amide bonds. The van der Waals surface area contributed by atoms with Crippen LogP contribution >= 0.6 is 11.6 Å². The Kier molecular flexibility index (Phi) is 6.43. The lowest BCUT2D eigenvalue weighted by atomic mass is 9.74. The maximum absolute atomic E-state index is 12.3. The molecule has 3 aromatic rings. The summed E-state index contributed by atoms with van der Waals surface area (Å²) >= 11 is 3.50. The van der Waals surface area contributed by atoms with E-state index in [2.05, 4.69) is 10.4 Å². The van der Waals surface area contributed by atoms with E-state index in [-0.39, 0.29) is 5.69 Å². The van der Waals surface area contributed by atoms with E-state index >= 15 is 0 Å². The zero-order chi connectivity index (χ0) is 23.0. The van der Waals surface area contributed by atoms with Gasteiger partial charge in [-0.15, -0.1) is 0 Å². The Hall–Kier alpha value is -2.46. The lowest BCUT2D eigenvalue weighted by Gasteiger charge is -2.44. The molecule has 3 rings (SSSR count). The Morgan fingerprint density at radius 1 is 1.26 bits per heavy atom. The van der Waals surface area contributed by atoms with Gasteiger partial charge in [-0.2, -0.15) is 9.40 Å². The van der Waals surface area contributed by atoms with Gasteiger partial charge in [-0.3, -0.25) is 9.23 Å². The van der Waals surface area contributed by atoms with Crippen LogP contribution in [0.4, 0.5) is 10.5 Å². The van der Waals surface area contributed by atoms with Gasteiger partial charge in [-0.1, -0.05) is 36.7 Å². The number of hydrogen-bond acceptors (Lipinski definition) is 4. The molecular formula is C21H25ClN4O4S. The number of halogens is 1. The third kappa shape index (κ3) is 3.82. The van der Waals surface area contributed by atoms with Crippen LogP contribution in [0.3, 0.4) is 0 Å². The van der Waals surface area contributed by atoms with Gasteiger partial charge in [0, 0.05) is 17.5 Å². The van der Waals surface area contributed by atoms with Crippen molar-refractivity contribution in [3.8, 4) is 0 Å². The average molecular weight is 465 g/mol. The Balaban J connectivity index is 2.34. The van der Waals surface area contributed by atoms with Crippen LogP contribution in [0.5, 0.6) is 0 Å². The fourth-order valence-electron chi connectivity index (χ4n) is 4.13. The van der Waals surface area contributed by atoms with Crippen LogP contribution in [-0.2, 0) is 16.8 Å². The molecule has 3 N–H and O–H groups in total. The second-order valence-corrected chi connectivity index (χ2v) is 8.89. The van der Waals surface area contributed by atoms with E-state index in [1.165, 1.54) is 13.2 Å². The highest BCUT2D eigenvalue weighted by atomic mass is 35.5. The summed E-state index contributed by atoms with van der Waals surface area (Å²) in [5.41, 5.74) is -0.605. The number of carbonyl (C=O) groups excluding carboxylic acids is 1. The van der Waals surface area contributed by atoms with Gasteiger partial charge in [-0.05, 0) is 50.1 Å². The number of anilines is 1. The van der Waals surface area contributed by atoms with Crippen LogP contribution in [0.15, 0.2) is 48.7 Å². The summed E-state index contributed by atoms with van der Waals surface area (Å²) in [7, 11) is 1.38. The number of hydrogen-bond donors (Lipinski definition) is 3. The molecule has 8 nitrogen and oxygen atoms in total. The molecule has 0 aliphatic heterocycles. The number of nitrogens with zero attached hydrogens (tertiary/aromatic N) is 3. The molecule has 2 unspecified atom stereocenters. The van der Waals surface area contributed by atoms with Crippen molar-refractivity contribution in [2.75, 3.05) is 11.4 Å². The van der Waals surface area contributed by atoms with Crippen molar-refractivity contribution in [3.05, 3.63) is 59.2 Å². The number of aromatic nitrogens is 2. The van der Waals surface area contributed by atoms with E-state index in [1.54, 1.807) is 48.9 Å². The van der Waals surface area contributed by atoms with Crippen molar-refractivity contribution in [2.45, 2.75) is 38.3 Å². The molecule has 2 atom stereocenters. The molecule has 0 aliphatic carbocycles. The van der Waals surface area contributed by atoms with Crippen LogP contribution in [0, 0.1) is 0 Å². The minimum atomic E-state index is -2.59. The molecule has 1 aromatic heterocycles. The quantitative estimate of drug-likeness (QED) is 0.479. The van der Waals surface area contributed by atoms with E-state index in [0.717, 1.165) is 9.87 Å². The largest absolute Gasteiger partial charge is 0.388 e. The second kappa shape index (κ2) is 8.58. The molecule has 0 saturated carbocycles. The van der Waals surface area contributed by atoms with Crippen LogP contribution < -0.4 is 9.62 Å². The summed E-state index contributed by atoms with van der Waals surface area (Å²) in [6.07, 6.45) is 2.02. The standard InChI is InChI=1S/C21H25ClN4O4S/c1-5-21(20(2,3)28,14-9-11-15(22)12-10-14)26-18-8-6-7-17(16(18)13-24-26)25(31(29)30)19(27)23-4/h6-13,28H,5H2,1-4H3,(H,23,27)(H,29,30). The van der Waals surface area contributed by atoms with Crippen LogP contribution in [0.1, 0.15) is 32.8 Å². The summed E-state index contributed by atoms with van der Waals surface area (Å²) in [6, 6.07) is 11.5. The second-order valence-electron chi connectivity index (χ2n) is 7.63. The minimum absolute atomic E-state index is 0.223. The molecule has 0 radical (unpaired) electrons. The number of carbonyl (C=O) groups is 1. The van der Waals surface area contributed by atoms with Gasteiger partial charge >= 0.3 is 6.03 Å². The van der Waals surface area contributed by atoms with Crippen LogP contribution in [0.25, 0.3) is 10.9 Å².